The number of carbonyl (C=O) groups excluding carboxylic acids is 1. The Hall–Kier alpha value is -3.98. The fourth-order valence-corrected chi connectivity index (χ4v) is 3.58. The number of anilines is 4. The highest BCUT2D eigenvalue weighted by atomic mass is 16.6. The predicted octanol–water partition coefficient (Wildman–Crippen LogP) is 4.71. The van der Waals surface area contributed by atoms with Crippen LogP contribution in [0.5, 0.6) is 0 Å². The van der Waals surface area contributed by atoms with E-state index in [9.17, 15) is 14.9 Å². The lowest BCUT2D eigenvalue weighted by molar-refractivity contribution is -0.385. The molecule has 4 rings (SSSR count). The molecule has 4 N–H and O–H groups in total. The van der Waals surface area contributed by atoms with Gasteiger partial charge in [0, 0.05) is 35.7 Å². The lowest BCUT2D eigenvalue weighted by atomic mass is 9.85. The first-order chi connectivity index (χ1) is 15.2. The third-order valence-electron chi connectivity index (χ3n) is 5.19. The Bertz CT molecular complexity index is 1200. The van der Waals surface area contributed by atoms with E-state index in [2.05, 4.69) is 26.5 Å². The standard InChI is InChI=1S/C23H24N6O3/c1-23(2,3)18-9-8-16(12-20(18)29(31)32)27-22(30)17-5-4-10-24-21(17)26-15-7-6-14-13-25-28-19(14)11-15/h4-12,25,28H,13H2,1-3H3,(H,24,26)(H,27,30). The molecule has 1 aromatic heterocycles. The number of hydrogen-bond donors (Lipinski definition) is 4. The van der Waals surface area contributed by atoms with Crippen LogP contribution in [0, 0.1) is 10.1 Å². The number of hydrogen-bond acceptors (Lipinski definition) is 7. The van der Waals surface area contributed by atoms with E-state index in [4.69, 9.17) is 0 Å². The van der Waals surface area contributed by atoms with Crippen molar-refractivity contribution in [3.63, 3.8) is 0 Å². The molecule has 3 aromatic rings. The Morgan fingerprint density at radius 3 is 2.66 bits per heavy atom. The van der Waals surface area contributed by atoms with Crippen molar-refractivity contribution in [3.05, 3.63) is 81.5 Å². The molecule has 0 saturated heterocycles. The van der Waals surface area contributed by atoms with E-state index in [1.807, 2.05) is 39.0 Å². The van der Waals surface area contributed by atoms with Crippen molar-refractivity contribution < 1.29 is 9.72 Å². The second kappa shape index (κ2) is 8.27. The zero-order valence-electron chi connectivity index (χ0n) is 18.0. The lowest BCUT2D eigenvalue weighted by Gasteiger charge is -2.19. The Kier molecular flexibility index (Phi) is 5.50. The van der Waals surface area contributed by atoms with Gasteiger partial charge in [0.1, 0.15) is 5.82 Å². The van der Waals surface area contributed by atoms with Gasteiger partial charge in [-0.25, -0.2) is 10.4 Å². The van der Waals surface area contributed by atoms with Crippen molar-refractivity contribution in [3.8, 4) is 0 Å². The van der Waals surface area contributed by atoms with Gasteiger partial charge in [-0.2, -0.15) is 0 Å². The first-order valence-electron chi connectivity index (χ1n) is 10.2. The summed E-state index contributed by atoms with van der Waals surface area (Å²) in [5.74, 6) is -0.0314. The number of nitrogens with zero attached hydrogens (tertiary/aromatic N) is 2. The number of nitro benzene ring substituents is 1. The second-order valence-electron chi connectivity index (χ2n) is 8.57. The van der Waals surface area contributed by atoms with Gasteiger partial charge in [0.05, 0.1) is 16.2 Å². The second-order valence-corrected chi connectivity index (χ2v) is 8.57. The maximum atomic E-state index is 13.0. The third-order valence-corrected chi connectivity index (χ3v) is 5.19. The van der Waals surface area contributed by atoms with Gasteiger partial charge in [-0.05, 0) is 47.4 Å². The summed E-state index contributed by atoms with van der Waals surface area (Å²) >= 11 is 0. The molecule has 0 atom stereocenters. The summed E-state index contributed by atoms with van der Waals surface area (Å²) in [5.41, 5.74) is 9.86. The van der Waals surface area contributed by atoms with Gasteiger partial charge in [-0.15, -0.1) is 0 Å². The van der Waals surface area contributed by atoms with Gasteiger partial charge >= 0.3 is 0 Å². The number of carbonyl (C=O) groups is 1. The number of hydrazine groups is 1. The van der Waals surface area contributed by atoms with E-state index in [0.29, 0.717) is 22.6 Å². The molecule has 164 valence electrons. The number of nitrogens with one attached hydrogen (secondary N) is 4. The van der Waals surface area contributed by atoms with Gasteiger partial charge in [0.2, 0.25) is 0 Å². The van der Waals surface area contributed by atoms with Crippen LogP contribution in [0.4, 0.5) is 28.6 Å². The van der Waals surface area contributed by atoms with E-state index in [-0.39, 0.29) is 5.69 Å². The number of rotatable bonds is 5. The van der Waals surface area contributed by atoms with Crippen molar-refractivity contribution in [2.45, 2.75) is 32.7 Å². The molecule has 2 aromatic carbocycles. The molecule has 2 heterocycles. The third kappa shape index (κ3) is 4.37. The molecule has 0 saturated carbocycles. The number of amides is 1. The highest BCUT2D eigenvalue weighted by Gasteiger charge is 2.25. The van der Waals surface area contributed by atoms with Crippen molar-refractivity contribution in [1.29, 1.82) is 0 Å². The lowest BCUT2D eigenvalue weighted by Crippen LogP contribution is -2.17. The van der Waals surface area contributed by atoms with Gasteiger partial charge in [0.15, 0.2) is 0 Å². The van der Waals surface area contributed by atoms with Crippen molar-refractivity contribution in [1.82, 2.24) is 10.4 Å². The van der Waals surface area contributed by atoms with Crippen LogP contribution in [-0.4, -0.2) is 15.8 Å². The Morgan fingerprint density at radius 1 is 1.12 bits per heavy atom. The topological polar surface area (TPSA) is 121 Å². The normalized spacial score (nSPS) is 12.6. The monoisotopic (exact) mass is 432 g/mol. The van der Waals surface area contributed by atoms with Crippen molar-refractivity contribution in [2.24, 2.45) is 0 Å². The smallest absolute Gasteiger partial charge is 0.275 e. The average molecular weight is 432 g/mol. The zero-order valence-corrected chi connectivity index (χ0v) is 18.0. The number of pyridine rings is 1. The molecular formula is C23H24N6O3. The summed E-state index contributed by atoms with van der Waals surface area (Å²) in [7, 11) is 0. The highest BCUT2D eigenvalue weighted by Crippen LogP contribution is 2.33. The van der Waals surface area contributed by atoms with Crippen LogP contribution in [-0.2, 0) is 12.0 Å². The zero-order chi connectivity index (χ0) is 22.9. The summed E-state index contributed by atoms with van der Waals surface area (Å²) in [6.07, 6.45) is 1.59. The molecule has 0 aliphatic carbocycles. The average Bonchev–Trinajstić information content (AvgIpc) is 3.21. The minimum Gasteiger partial charge on any atom is -0.340 e. The minimum absolute atomic E-state index is 0.0286. The van der Waals surface area contributed by atoms with E-state index in [1.165, 1.54) is 6.07 Å². The number of nitro groups is 1. The van der Waals surface area contributed by atoms with Gasteiger partial charge < -0.3 is 16.1 Å². The Morgan fingerprint density at radius 2 is 1.91 bits per heavy atom. The molecule has 9 nitrogen and oxygen atoms in total. The van der Waals surface area contributed by atoms with Crippen LogP contribution in [0.2, 0.25) is 0 Å². The molecule has 0 fully saturated rings. The maximum absolute atomic E-state index is 13.0. The van der Waals surface area contributed by atoms with E-state index in [0.717, 1.165) is 23.5 Å². The maximum Gasteiger partial charge on any atom is 0.275 e. The van der Waals surface area contributed by atoms with Crippen LogP contribution in [0.15, 0.2) is 54.7 Å². The summed E-state index contributed by atoms with van der Waals surface area (Å²) in [5, 5.41) is 17.5. The van der Waals surface area contributed by atoms with E-state index in [1.54, 1.807) is 30.5 Å². The highest BCUT2D eigenvalue weighted by molar-refractivity contribution is 6.08. The van der Waals surface area contributed by atoms with E-state index >= 15 is 0 Å². The fraction of sp³-hybridized carbons (Fsp3) is 0.217. The first-order valence-corrected chi connectivity index (χ1v) is 10.2. The van der Waals surface area contributed by atoms with Crippen LogP contribution in [0.1, 0.15) is 42.3 Å². The number of fused-ring (bicyclic) bond motifs is 1. The van der Waals surface area contributed by atoms with Crippen LogP contribution >= 0.6 is 0 Å². The SMILES string of the molecule is CC(C)(C)c1ccc(NC(=O)c2cccnc2Nc2ccc3c(c2)NNC3)cc1[N+](=O)[O-]. The Labute approximate surface area is 185 Å². The minimum atomic E-state index is -0.427. The van der Waals surface area contributed by atoms with Gasteiger partial charge in [0.25, 0.3) is 11.6 Å². The van der Waals surface area contributed by atoms with Crippen molar-refractivity contribution in [2.75, 3.05) is 16.1 Å². The van der Waals surface area contributed by atoms with Crippen LogP contribution in [0.3, 0.4) is 0 Å². The summed E-state index contributed by atoms with van der Waals surface area (Å²) in [4.78, 5) is 28.4. The van der Waals surface area contributed by atoms with Gasteiger partial charge in [-0.1, -0.05) is 26.8 Å². The molecule has 0 unspecified atom stereocenters. The number of benzene rings is 2. The van der Waals surface area contributed by atoms with Crippen LogP contribution in [0.25, 0.3) is 0 Å². The molecule has 1 aliphatic heterocycles. The Balaban J connectivity index is 1.58. The van der Waals surface area contributed by atoms with Gasteiger partial charge in [-0.3, -0.25) is 14.9 Å². The number of aromatic nitrogens is 1. The summed E-state index contributed by atoms with van der Waals surface area (Å²) in [6.45, 7) is 6.47. The molecule has 0 spiro atoms. The predicted molar refractivity (Wildman–Crippen MR) is 124 cm³/mol. The molecule has 9 heteroatoms. The fourth-order valence-electron chi connectivity index (χ4n) is 3.58. The quantitative estimate of drug-likeness (QED) is 0.340. The summed E-state index contributed by atoms with van der Waals surface area (Å²) < 4.78 is 0. The molecular weight excluding hydrogens is 408 g/mol. The van der Waals surface area contributed by atoms with Crippen LogP contribution < -0.4 is 21.5 Å². The molecule has 32 heavy (non-hydrogen) atoms. The molecule has 0 radical (unpaired) electrons. The first kappa shape index (κ1) is 21.3. The molecule has 1 amide bonds. The summed E-state index contributed by atoms with van der Waals surface area (Å²) in [6, 6.07) is 13.9. The largest absolute Gasteiger partial charge is 0.340 e. The van der Waals surface area contributed by atoms with E-state index < -0.39 is 16.2 Å². The van der Waals surface area contributed by atoms with Crippen molar-refractivity contribution >= 4 is 34.5 Å². The molecule has 1 aliphatic rings. The molecule has 0 bridgehead atoms.